The number of benzene rings is 1. The highest BCUT2D eigenvalue weighted by atomic mass is 32.2. The van der Waals surface area contributed by atoms with Crippen LogP contribution >= 0.6 is 0 Å². The maximum absolute atomic E-state index is 12.1. The average Bonchev–Trinajstić information content (AvgIpc) is 3.14. The Morgan fingerprint density at radius 2 is 1.81 bits per heavy atom. The van der Waals surface area contributed by atoms with Crippen molar-refractivity contribution in [2.45, 2.75) is 31.7 Å². The van der Waals surface area contributed by atoms with Crippen molar-refractivity contribution in [3.8, 4) is 0 Å². The molecule has 1 aliphatic rings. The van der Waals surface area contributed by atoms with Crippen LogP contribution in [-0.2, 0) is 26.2 Å². The second-order valence-corrected chi connectivity index (χ2v) is 7.03. The number of carbonyl (C=O) groups excluding carboxylic acids is 2. The van der Waals surface area contributed by atoms with Gasteiger partial charge in [0.25, 0.3) is 10.0 Å². The minimum absolute atomic E-state index is 0.0377. The van der Waals surface area contributed by atoms with Gasteiger partial charge in [-0.25, -0.2) is 13.1 Å². The first-order valence-electron chi connectivity index (χ1n) is 6.69. The lowest BCUT2D eigenvalue weighted by Crippen LogP contribution is -2.32. The SMILES string of the molecule is CC(=O)NCc1ccc(S(=O)(=O)NC(=O)[C@H]2C[C@@H]2C)cc1. The quantitative estimate of drug-likeness (QED) is 0.841. The van der Waals surface area contributed by atoms with Gasteiger partial charge in [0.15, 0.2) is 0 Å². The number of nitrogens with one attached hydrogen (secondary N) is 2. The second kappa shape index (κ2) is 5.85. The van der Waals surface area contributed by atoms with Crippen molar-refractivity contribution < 1.29 is 18.0 Å². The van der Waals surface area contributed by atoms with Crippen molar-refractivity contribution in [1.29, 1.82) is 0 Å². The van der Waals surface area contributed by atoms with Crippen LogP contribution in [0.15, 0.2) is 29.2 Å². The van der Waals surface area contributed by atoms with Crippen molar-refractivity contribution in [1.82, 2.24) is 10.0 Å². The van der Waals surface area contributed by atoms with E-state index in [9.17, 15) is 18.0 Å². The van der Waals surface area contributed by atoms with Crippen LogP contribution in [0.5, 0.6) is 0 Å². The van der Waals surface area contributed by atoms with Gasteiger partial charge in [-0.2, -0.15) is 0 Å². The zero-order valence-corrected chi connectivity index (χ0v) is 12.7. The fourth-order valence-electron chi connectivity index (χ4n) is 1.97. The van der Waals surface area contributed by atoms with E-state index >= 15 is 0 Å². The third-order valence-corrected chi connectivity index (χ3v) is 4.82. The Morgan fingerprint density at radius 1 is 1.24 bits per heavy atom. The van der Waals surface area contributed by atoms with E-state index < -0.39 is 15.9 Å². The number of hydrogen-bond donors (Lipinski definition) is 2. The molecule has 1 aliphatic carbocycles. The first kappa shape index (κ1) is 15.5. The average molecular weight is 310 g/mol. The summed E-state index contributed by atoms with van der Waals surface area (Å²) in [5.41, 5.74) is 0.784. The molecule has 0 aromatic heterocycles. The van der Waals surface area contributed by atoms with Gasteiger partial charge < -0.3 is 5.32 Å². The fourth-order valence-corrected chi connectivity index (χ4v) is 3.00. The van der Waals surface area contributed by atoms with Crippen molar-refractivity contribution >= 4 is 21.8 Å². The molecule has 1 fully saturated rings. The molecule has 1 aromatic rings. The molecule has 0 bridgehead atoms. The molecule has 1 saturated carbocycles. The molecule has 0 radical (unpaired) electrons. The lowest BCUT2D eigenvalue weighted by Gasteiger charge is -2.08. The molecular weight excluding hydrogens is 292 g/mol. The van der Waals surface area contributed by atoms with Gasteiger partial charge in [0.1, 0.15) is 0 Å². The number of carbonyl (C=O) groups is 2. The van der Waals surface area contributed by atoms with Gasteiger partial charge in [0, 0.05) is 19.4 Å². The highest BCUT2D eigenvalue weighted by molar-refractivity contribution is 7.90. The van der Waals surface area contributed by atoms with Crippen molar-refractivity contribution in [2.75, 3.05) is 0 Å². The highest BCUT2D eigenvalue weighted by Crippen LogP contribution is 2.37. The Morgan fingerprint density at radius 3 is 2.29 bits per heavy atom. The largest absolute Gasteiger partial charge is 0.352 e. The van der Waals surface area contributed by atoms with Crippen LogP contribution in [0.3, 0.4) is 0 Å². The summed E-state index contributed by atoms with van der Waals surface area (Å²) in [4.78, 5) is 22.6. The highest BCUT2D eigenvalue weighted by Gasteiger charge is 2.40. The van der Waals surface area contributed by atoms with Gasteiger partial charge in [-0.05, 0) is 30.0 Å². The lowest BCUT2D eigenvalue weighted by molar-refractivity contribution is -0.121. The zero-order chi connectivity index (χ0) is 15.6. The van der Waals surface area contributed by atoms with E-state index in [1.807, 2.05) is 6.92 Å². The normalized spacial score (nSPS) is 20.7. The lowest BCUT2D eigenvalue weighted by atomic mass is 10.2. The third-order valence-electron chi connectivity index (χ3n) is 3.46. The van der Waals surface area contributed by atoms with Crippen LogP contribution in [0, 0.1) is 11.8 Å². The number of amides is 2. The minimum atomic E-state index is -3.82. The Kier molecular flexibility index (Phi) is 4.32. The van der Waals surface area contributed by atoms with Crippen LogP contribution in [0.1, 0.15) is 25.8 Å². The number of rotatable bonds is 5. The van der Waals surface area contributed by atoms with E-state index in [-0.39, 0.29) is 22.6 Å². The smallest absolute Gasteiger partial charge is 0.264 e. The Balaban J connectivity index is 2.02. The summed E-state index contributed by atoms with van der Waals surface area (Å²) < 4.78 is 26.2. The van der Waals surface area contributed by atoms with Gasteiger partial charge >= 0.3 is 0 Å². The topological polar surface area (TPSA) is 92.3 Å². The maximum Gasteiger partial charge on any atom is 0.264 e. The van der Waals surface area contributed by atoms with Crippen molar-refractivity contribution in [3.63, 3.8) is 0 Å². The monoisotopic (exact) mass is 310 g/mol. The molecule has 6 nitrogen and oxygen atoms in total. The Bertz CT molecular complexity index is 652. The van der Waals surface area contributed by atoms with Crippen LogP contribution < -0.4 is 10.0 Å². The molecule has 7 heteroatoms. The van der Waals surface area contributed by atoms with E-state index in [1.165, 1.54) is 19.1 Å². The summed E-state index contributed by atoms with van der Waals surface area (Å²) in [6.45, 7) is 3.66. The predicted molar refractivity (Wildman–Crippen MR) is 76.6 cm³/mol. The molecule has 2 amide bonds. The van der Waals surface area contributed by atoms with Gasteiger partial charge in [0.2, 0.25) is 11.8 Å². The van der Waals surface area contributed by atoms with Gasteiger partial charge in [-0.1, -0.05) is 19.1 Å². The molecule has 114 valence electrons. The molecule has 2 rings (SSSR count). The Labute approximate surface area is 124 Å². The van der Waals surface area contributed by atoms with Crippen LogP contribution in [0.2, 0.25) is 0 Å². The third kappa shape index (κ3) is 4.04. The van der Waals surface area contributed by atoms with Gasteiger partial charge in [-0.3, -0.25) is 9.59 Å². The molecule has 0 spiro atoms. The van der Waals surface area contributed by atoms with Crippen LogP contribution in [0.25, 0.3) is 0 Å². The summed E-state index contributed by atoms with van der Waals surface area (Å²) in [5.74, 6) is -0.540. The molecule has 21 heavy (non-hydrogen) atoms. The van der Waals surface area contributed by atoms with Crippen LogP contribution in [-0.4, -0.2) is 20.2 Å². The summed E-state index contributed by atoms with van der Waals surface area (Å²) in [6, 6.07) is 6.05. The van der Waals surface area contributed by atoms with Crippen molar-refractivity contribution in [2.24, 2.45) is 11.8 Å². The van der Waals surface area contributed by atoms with Gasteiger partial charge in [-0.15, -0.1) is 0 Å². The zero-order valence-electron chi connectivity index (χ0n) is 11.9. The van der Waals surface area contributed by atoms with Crippen LogP contribution in [0.4, 0.5) is 0 Å². The minimum Gasteiger partial charge on any atom is -0.352 e. The number of hydrogen-bond acceptors (Lipinski definition) is 4. The predicted octanol–water partition coefficient (Wildman–Crippen LogP) is 0.784. The van der Waals surface area contributed by atoms with Crippen molar-refractivity contribution in [3.05, 3.63) is 29.8 Å². The summed E-state index contributed by atoms with van der Waals surface area (Å²) in [5, 5.41) is 2.62. The molecule has 1 aromatic carbocycles. The summed E-state index contributed by atoms with van der Waals surface area (Å²) in [7, 11) is -3.82. The molecule has 0 heterocycles. The molecule has 2 atom stereocenters. The van der Waals surface area contributed by atoms with E-state index in [4.69, 9.17) is 0 Å². The standard InChI is InChI=1S/C14H18N2O4S/c1-9-7-13(9)14(18)16-21(19,20)12-5-3-11(4-6-12)8-15-10(2)17/h3-6,9,13H,7-8H2,1-2H3,(H,15,17)(H,16,18)/t9-,13-/m0/s1. The first-order valence-corrected chi connectivity index (χ1v) is 8.18. The molecule has 0 saturated heterocycles. The maximum atomic E-state index is 12.1. The fraction of sp³-hybridized carbons (Fsp3) is 0.429. The number of sulfonamides is 1. The molecule has 0 unspecified atom stereocenters. The van der Waals surface area contributed by atoms with E-state index in [0.29, 0.717) is 6.54 Å². The second-order valence-electron chi connectivity index (χ2n) is 5.34. The first-order chi connectivity index (χ1) is 9.79. The summed E-state index contributed by atoms with van der Waals surface area (Å²) in [6.07, 6.45) is 0.733. The Hall–Kier alpha value is -1.89. The van der Waals surface area contributed by atoms with E-state index in [1.54, 1.807) is 12.1 Å². The van der Waals surface area contributed by atoms with E-state index in [2.05, 4.69) is 10.0 Å². The molecular formula is C14H18N2O4S. The van der Waals surface area contributed by atoms with Gasteiger partial charge in [0.05, 0.1) is 4.90 Å². The summed E-state index contributed by atoms with van der Waals surface area (Å²) >= 11 is 0. The molecule has 2 N–H and O–H groups in total. The van der Waals surface area contributed by atoms with E-state index in [0.717, 1.165) is 12.0 Å². The molecule has 0 aliphatic heterocycles.